The summed E-state index contributed by atoms with van der Waals surface area (Å²) >= 11 is 12.3. The largest absolute Gasteiger partial charge is 0.338 e. The lowest BCUT2D eigenvalue weighted by atomic mass is 9.91. The second kappa shape index (κ2) is 8.13. The smallest absolute Gasteiger partial charge is 0.257 e. The number of amides is 1. The summed E-state index contributed by atoms with van der Waals surface area (Å²) in [5.74, 6) is 0.307. The summed E-state index contributed by atoms with van der Waals surface area (Å²) in [6.45, 7) is 2.31. The molecule has 2 unspecified atom stereocenters. The van der Waals surface area contributed by atoms with Crippen LogP contribution in [-0.2, 0) is 6.42 Å². The second-order valence-corrected chi connectivity index (χ2v) is 8.10. The van der Waals surface area contributed by atoms with Crippen molar-refractivity contribution in [3.05, 3.63) is 57.6 Å². The fraction of sp³-hybridized carbons (Fsp3) is 0.450. The molecular weight excluding hydrogens is 383 g/mol. The standard InChI is InChI=1S/C20H22Cl2N4O/c21-15-10-23-11-16(22)18(15)20(27)26-8-6-13(12-26)9-25-17-5-1-3-14-4-2-7-24-19(14)17/h2,4,7,10-11,13,17,25H,1,3,5-6,8-9,12H2. The highest BCUT2D eigenvalue weighted by Gasteiger charge is 2.30. The van der Waals surface area contributed by atoms with Crippen LogP contribution in [-0.4, -0.2) is 40.4 Å². The highest BCUT2D eigenvalue weighted by atomic mass is 35.5. The molecule has 5 nitrogen and oxygen atoms in total. The molecule has 2 aromatic heterocycles. The lowest BCUT2D eigenvalue weighted by molar-refractivity contribution is 0.0787. The van der Waals surface area contributed by atoms with Crippen LogP contribution in [0.4, 0.5) is 0 Å². The molecule has 27 heavy (non-hydrogen) atoms. The highest BCUT2D eigenvalue weighted by Crippen LogP contribution is 2.29. The summed E-state index contributed by atoms with van der Waals surface area (Å²) in [5.41, 5.74) is 2.89. The summed E-state index contributed by atoms with van der Waals surface area (Å²) in [6, 6.07) is 4.49. The third-order valence-electron chi connectivity index (χ3n) is 5.49. The number of aryl methyl sites for hydroxylation is 1. The van der Waals surface area contributed by atoms with E-state index in [1.54, 1.807) is 0 Å². The molecule has 1 amide bonds. The van der Waals surface area contributed by atoms with E-state index in [-0.39, 0.29) is 5.91 Å². The number of hydrogen-bond acceptors (Lipinski definition) is 4. The molecule has 2 aromatic rings. The molecule has 0 spiro atoms. The maximum Gasteiger partial charge on any atom is 0.257 e. The van der Waals surface area contributed by atoms with E-state index >= 15 is 0 Å². The molecule has 7 heteroatoms. The van der Waals surface area contributed by atoms with Crippen LogP contribution in [0.1, 0.15) is 46.9 Å². The maximum atomic E-state index is 12.8. The molecule has 0 radical (unpaired) electrons. The number of pyridine rings is 2. The molecule has 1 aliphatic heterocycles. The monoisotopic (exact) mass is 404 g/mol. The van der Waals surface area contributed by atoms with Gasteiger partial charge >= 0.3 is 0 Å². The summed E-state index contributed by atoms with van der Waals surface area (Å²) in [7, 11) is 0. The van der Waals surface area contributed by atoms with Gasteiger partial charge in [0, 0.05) is 44.3 Å². The normalized spacial score (nSPS) is 21.9. The SMILES string of the molecule is O=C(c1c(Cl)cncc1Cl)N1CCC(CNC2CCCc3cccnc32)C1. The van der Waals surface area contributed by atoms with Crippen LogP contribution < -0.4 is 5.32 Å². The molecule has 2 aliphatic rings. The zero-order valence-electron chi connectivity index (χ0n) is 15.0. The number of nitrogens with zero attached hydrogens (tertiary/aromatic N) is 3. The van der Waals surface area contributed by atoms with Gasteiger partial charge in [-0.05, 0) is 43.2 Å². The van der Waals surface area contributed by atoms with E-state index in [0.717, 1.165) is 32.4 Å². The lowest BCUT2D eigenvalue weighted by Gasteiger charge is -2.26. The number of nitrogens with one attached hydrogen (secondary N) is 1. The Morgan fingerprint density at radius 3 is 2.89 bits per heavy atom. The van der Waals surface area contributed by atoms with Gasteiger partial charge in [-0.2, -0.15) is 0 Å². The number of rotatable bonds is 4. The van der Waals surface area contributed by atoms with E-state index in [0.29, 0.717) is 34.1 Å². The van der Waals surface area contributed by atoms with Gasteiger partial charge in [0.1, 0.15) is 0 Å². The molecule has 0 aromatic carbocycles. The van der Waals surface area contributed by atoms with Crippen LogP contribution >= 0.6 is 23.2 Å². The van der Waals surface area contributed by atoms with Crippen molar-refractivity contribution < 1.29 is 4.79 Å². The average Bonchev–Trinajstić information content (AvgIpc) is 3.15. The molecule has 4 rings (SSSR count). The van der Waals surface area contributed by atoms with Crippen molar-refractivity contribution in [2.24, 2.45) is 5.92 Å². The highest BCUT2D eigenvalue weighted by molar-refractivity contribution is 6.39. The molecule has 3 heterocycles. The van der Waals surface area contributed by atoms with Crippen LogP contribution in [0.2, 0.25) is 10.0 Å². The first-order chi connectivity index (χ1) is 13.1. The van der Waals surface area contributed by atoms with Gasteiger partial charge in [0.25, 0.3) is 5.91 Å². The Kier molecular flexibility index (Phi) is 5.62. The molecule has 0 bridgehead atoms. The van der Waals surface area contributed by atoms with Gasteiger partial charge in [0.05, 0.1) is 21.3 Å². The second-order valence-electron chi connectivity index (χ2n) is 7.28. The molecule has 1 N–H and O–H groups in total. The summed E-state index contributed by atoms with van der Waals surface area (Å²) < 4.78 is 0. The molecule has 2 atom stereocenters. The van der Waals surface area contributed by atoms with Crippen molar-refractivity contribution >= 4 is 29.1 Å². The van der Waals surface area contributed by atoms with Crippen molar-refractivity contribution in [3.8, 4) is 0 Å². The number of fused-ring (bicyclic) bond motifs is 1. The Balaban J connectivity index is 1.36. The summed E-state index contributed by atoms with van der Waals surface area (Å²) in [5, 5.41) is 4.29. The number of halogens is 2. The van der Waals surface area contributed by atoms with Crippen molar-refractivity contribution in [1.29, 1.82) is 0 Å². The Bertz CT molecular complexity index is 824. The molecule has 1 aliphatic carbocycles. The van der Waals surface area contributed by atoms with Gasteiger partial charge in [0.15, 0.2) is 0 Å². The molecule has 1 saturated heterocycles. The molecular formula is C20H22Cl2N4O. The predicted molar refractivity (Wildman–Crippen MR) is 106 cm³/mol. The van der Waals surface area contributed by atoms with Gasteiger partial charge in [0.2, 0.25) is 0 Å². The Hall–Kier alpha value is -1.69. The minimum Gasteiger partial charge on any atom is -0.338 e. The quantitative estimate of drug-likeness (QED) is 0.838. The fourth-order valence-electron chi connectivity index (χ4n) is 4.07. The van der Waals surface area contributed by atoms with Crippen molar-refractivity contribution in [2.75, 3.05) is 19.6 Å². The minimum atomic E-state index is -0.112. The number of hydrogen-bond donors (Lipinski definition) is 1. The third-order valence-corrected chi connectivity index (χ3v) is 6.06. The van der Waals surface area contributed by atoms with E-state index < -0.39 is 0 Å². The molecule has 0 saturated carbocycles. The van der Waals surface area contributed by atoms with Gasteiger partial charge in [-0.15, -0.1) is 0 Å². The van der Waals surface area contributed by atoms with Crippen LogP contribution in [0.25, 0.3) is 0 Å². The minimum absolute atomic E-state index is 0.112. The van der Waals surface area contributed by atoms with Gasteiger partial charge < -0.3 is 10.2 Å². The predicted octanol–water partition coefficient (Wildman–Crippen LogP) is 3.91. The van der Waals surface area contributed by atoms with Crippen molar-refractivity contribution in [2.45, 2.75) is 31.7 Å². The number of likely N-dealkylation sites (tertiary alicyclic amines) is 1. The first-order valence-corrected chi connectivity index (χ1v) is 10.1. The Labute approximate surface area is 169 Å². The van der Waals surface area contributed by atoms with E-state index in [9.17, 15) is 4.79 Å². The average molecular weight is 405 g/mol. The van der Waals surface area contributed by atoms with Crippen LogP contribution in [0, 0.1) is 5.92 Å². The lowest BCUT2D eigenvalue weighted by Crippen LogP contribution is -2.33. The Morgan fingerprint density at radius 2 is 2.07 bits per heavy atom. The first-order valence-electron chi connectivity index (χ1n) is 9.39. The van der Waals surface area contributed by atoms with Crippen LogP contribution in [0.5, 0.6) is 0 Å². The number of carbonyl (C=O) groups is 1. The first kappa shape index (κ1) is 18.7. The maximum absolute atomic E-state index is 12.8. The van der Waals surface area contributed by atoms with Crippen LogP contribution in [0.3, 0.4) is 0 Å². The molecule has 1 fully saturated rings. The van der Waals surface area contributed by atoms with E-state index in [1.165, 1.54) is 30.1 Å². The number of carbonyl (C=O) groups excluding carboxylic acids is 1. The van der Waals surface area contributed by atoms with E-state index in [2.05, 4.69) is 21.4 Å². The fourth-order valence-corrected chi connectivity index (χ4v) is 4.60. The molecule has 142 valence electrons. The van der Waals surface area contributed by atoms with Crippen molar-refractivity contribution in [1.82, 2.24) is 20.2 Å². The van der Waals surface area contributed by atoms with E-state index in [1.807, 2.05) is 17.2 Å². The Morgan fingerprint density at radius 1 is 1.26 bits per heavy atom. The number of aromatic nitrogens is 2. The van der Waals surface area contributed by atoms with Gasteiger partial charge in [-0.3, -0.25) is 14.8 Å². The zero-order chi connectivity index (χ0) is 18.8. The third kappa shape index (κ3) is 3.96. The summed E-state index contributed by atoms with van der Waals surface area (Å²) in [6.07, 6.45) is 9.18. The topological polar surface area (TPSA) is 58.1 Å². The van der Waals surface area contributed by atoms with Crippen molar-refractivity contribution in [3.63, 3.8) is 0 Å². The van der Waals surface area contributed by atoms with Gasteiger partial charge in [-0.25, -0.2) is 0 Å². The van der Waals surface area contributed by atoms with Crippen LogP contribution in [0.15, 0.2) is 30.7 Å². The summed E-state index contributed by atoms with van der Waals surface area (Å²) in [4.78, 5) is 23.1. The van der Waals surface area contributed by atoms with Gasteiger partial charge in [-0.1, -0.05) is 29.3 Å². The van der Waals surface area contributed by atoms with E-state index in [4.69, 9.17) is 23.2 Å². The zero-order valence-corrected chi connectivity index (χ0v) is 16.5.